The van der Waals surface area contributed by atoms with Gasteiger partial charge in [0.2, 0.25) is 10.0 Å². The first-order valence-electron chi connectivity index (χ1n) is 8.33. The van der Waals surface area contributed by atoms with Gasteiger partial charge in [0.15, 0.2) is 0 Å². The number of sulfonamides is 1. The van der Waals surface area contributed by atoms with E-state index in [-0.39, 0.29) is 23.4 Å². The molecule has 0 unspecified atom stereocenters. The van der Waals surface area contributed by atoms with Gasteiger partial charge in [-0.1, -0.05) is 13.0 Å². The average molecular weight is 350 g/mol. The van der Waals surface area contributed by atoms with E-state index < -0.39 is 10.0 Å². The molecule has 1 amide bonds. The molecule has 1 aromatic rings. The molecule has 6 heteroatoms. The number of nitrogens with one attached hydrogen (secondary N) is 1. The van der Waals surface area contributed by atoms with Gasteiger partial charge in [-0.3, -0.25) is 4.79 Å². The second kappa shape index (κ2) is 7.94. The zero-order chi connectivity index (χ0) is 17.7. The molecule has 132 valence electrons. The molecule has 0 bridgehead atoms. The third kappa shape index (κ3) is 4.45. The topological polar surface area (TPSA) is 66.5 Å². The van der Waals surface area contributed by atoms with Crippen molar-refractivity contribution >= 4 is 15.9 Å². The highest BCUT2D eigenvalue weighted by atomic mass is 32.2. The minimum Gasteiger partial charge on any atom is -0.339 e. The number of carbonyl (C=O) groups excluding carboxylic acids is 1. The van der Waals surface area contributed by atoms with Crippen molar-refractivity contribution in [1.29, 1.82) is 0 Å². The molecule has 0 saturated heterocycles. The Labute approximate surface area is 144 Å². The van der Waals surface area contributed by atoms with E-state index in [1.165, 1.54) is 18.2 Å². The summed E-state index contributed by atoms with van der Waals surface area (Å²) in [5, 5.41) is 0. The van der Waals surface area contributed by atoms with Crippen molar-refractivity contribution in [2.24, 2.45) is 5.92 Å². The molecule has 1 N–H and O–H groups in total. The Kier molecular flexibility index (Phi) is 6.18. The third-order valence-electron chi connectivity index (χ3n) is 4.68. The van der Waals surface area contributed by atoms with Gasteiger partial charge in [-0.2, -0.15) is 0 Å². The standard InChI is InChI=1S/C18H26N2O3S/c1-4-13-19-24(22,23)17-11-7-15(8-12-17)18(21)20(3)16-9-5-14(2)6-10-16/h4,7-8,11-12,14,16,19H,1,5-6,9-10,13H2,2-3H3. The van der Waals surface area contributed by atoms with Crippen LogP contribution in [0.1, 0.15) is 43.0 Å². The van der Waals surface area contributed by atoms with Gasteiger partial charge in [-0.15, -0.1) is 6.58 Å². The van der Waals surface area contributed by atoms with E-state index >= 15 is 0 Å². The molecule has 0 atom stereocenters. The molecular formula is C18H26N2O3S. The first kappa shape index (κ1) is 18.7. The zero-order valence-electron chi connectivity index (χ0n) is 14.4. The van der Waals surface area contributed by atoms with Gasteiger partial charge in [0.1, 0.15) is 0 Å². The highest BCUT2D eigenvalue weighted by Gasteiger charge is 2.25. The normalized spacial score (nSPS) is 21.2. The molecule has 0 radical (unpaired) electrons. The molecule has 1 aromatic carbocycles. The summed E-state index contributed by atoms with van der Waals surface area (Å²) in [5.41, 5.74) is 0.513. The predicted octanol–water partition coefficient (Wildman–Crippen LogP) is 2.80. The van der Waals surface area contributed by atoms with Crippen molar-refractivity contribution in [3.63, 3.8) is 0 Å². The van der Waals surface area contributed by atoms with Crippen LogP contribution in [0.3, 0.4) is 0 Å². The number of rotatable bonds is 6. The lowest BCUT2D eigenvalue weighted by Gasteiger charge is -2.33. The van der Waals surface area contributed by atoms with Crippen LogP contribution in [0.15, 0.2) is 41.8 Å². The summed E-state index contributed by atoms with van der Waals surface area (Å²) in [7, 11) is -1.73. The summed E-state index contributed by atoms with van der Waals surface area (Å²) in [4.78, 5) is 14.6. The van der Waals surface area contributed by atoms with Crippen molar-refractivity contribution in [3.8, 4) is 0 Å². The van der Waals surface area contributed by atoms with Crippen LogP contribution in [0.4, 0.5) is 0 Å². The van der Waals surface area contributed by atoms with E-state index in [4.69, 9.17) is 0 Å². The van der Waals surface area contributed by atoms with E-state index in [0.29, 0.717) is 5.56 Å². The lowest BCUT2D eigenvalue weighted by molar-refractivity contribution is 0.0679. The van der Waals surface area contributed by atoms with Crippen LogP contribution in [0, 0.1) is 5.92 Å². The molecule has 1 aliphatic rings. The predicted molar refractivity (Wildman–Crippen MR) is 95.3 cm³/mol. The lowest BCUT2D eigenvalue weighted by atomic mass is 9.86. The van der Waals surface area contributed by atoms with Crippen LogP contribution in [0.5, 0.6) is 0 Å². The highest BCUT2D eigenvalue weighted by Crippen LogP contribution is 2.27. The Hall–Kier alpha value is -1.66. The number of hydrogen-bond acceptors (Lipinski definition) is 3. The SMILES string of the molecule is C=CCNS(=O)(=O)c1ccc(C(=O)N(C)C2CCC(C)CC2)cc1. The second-order valence-corrected chi connectivity index (χ2v) is 8.26. The summed E-state index contributed by atoms with van der Waals surface area (Å²) < 4.78 is 26.5. The Balaban J connectivity index is 2.07. The van der Waals surface area contributed by atoms with Crippen LogP contribution in [0.25, 0.3) is 0 Å². The minimum absolute atomic E-state index is 0.0578. The first-order chi connectivity index (χ1) is 11.3. The van der Waals surface area contributed by atoms with Gasteiger partial charge in [-0.05, 0) is 55.9 Å². The summed E-state index contributed by atoms with van der Waals surface area (Å²) >= 11 is 0. The van der Waals surface area contributed by atoms with Gasteiger partial charge in [0, 0.05) is 25.2 Å². The van der Waals surface area contributed by atoms with E-state index in [1.807, 2.05) is 7.05 Å². The fraction of sp³-hybridized carbons (Fsp3) is 0.500. The number of amides is 1. The van der Waals surface area contributed by atoms with Crippen LogP contribution in [-0.4, -0.2) is 38.9 Å². The number of nitrogens with zero attached hydrogens (tertiary/aromatic N) is 1. The van der Waals surface area contributed by atoms with E-state index in [1.54, 1.807) is 17.0 Å². The fourth-order valence-corrected chi connectivity index (χ4v) is 4.03. The molecule has 0 spiro atoms. The third-order valence-corrected chi connectivity index (χ3v) is 6.12. The second-order valence-electron chi connectivity index (χ2n) is 6.49. The van der Waals surface area contributed by atoms with Crippen molar-refractivity contribution in [2.75, 3.05) is 13.6 Å². The molecular weight excluding hydrogens is 324 g/mol. The van der Waals surface area contributed by atoms with Crippen molar-refractivity contribution < 1.29 is 13.2 Å². The Morgan fingerprint density at radius 1 is 1.25 bits per heavy atom. The smallest absolute Gasteiger partial charge is 0.253 e. The van der Waals surface area contributed by atoms with Crippen LogP contribution < -0.4 is 4.72 Å². The maximum atomic E-state index is 12.6. The van der Waals surface area contributed by atoms with Gasteiger partial charge >= 0.3 is 0 Å². The number of carbonyl (C=O) groups is 1. The Morgan fingerprint density at radius 3 is 2.38 bits per heavy atom. The average Bonchev–Trinajstić information content (AvgIpc) is 2.59. The molecule has 1 fully saturated rings. The molecule has 0 heterocycles. The van der Waals surface area contributed by atoms with Gasteiger partial charge in [0.05, 0.1) is 4.90 Å². The van der Waals surface area contributed by atoms with E-state index in [2.05, 4.69) is 18.2 Å². The van der Waals surface area contributed by atoms with Crippen LogP contribution in [0.2, 0.25) is 0 Å². The van der Waals surface area contributed by atoms with Crippen molar-refractivity contribution in [1.82, 2.24) is 9.62 Å². The largest absolute Gasteiger partial charge is 0.339 e. The Bertz CT molecular complexity index is 675. The maximum absolute atomic E-state index is 12.6. The molecule has 1 saturated carbocycles. The summed E-state index contributed by atoms with van der Waals surface area (Å²) in [6.45, 7) is 5.91. The lowest BCUT2D eigenvalue weighted by Crippen LogP contribution is -2.39. The quantitative estimate of drug-likeness (QED) is 0.802. The maximum Gasteiger partial charge on any atom is 0.253 e. The van der Waals surface area contributed by atoms with Crippen LogP contribution in [-0.2, 0) is 10.0 Å². The number of benzene rings is 1. The molecule has 5 nitrogen and oxygen atoms in total. The van der Waals surface area contributed by atoms with Gasteiger partial charge < -0.3 is 4.90 Å². The van der Waals surface area contributed by atoms with Gasteiger partial charge in [-0.25, -0.2) is 13.1 Å². The van der Waals surface area contributed by atoms with E-state index in [9.17, 15) is 13.2 Å². The molecule has 24 heavy (non-hydrogen) atoms. The van der Waals surface area contributed by atoms with E-state index in [0.717, 1.165) is 31.6 Å². The first-order valence-corrected chi connectivity index (χ1v) is 9.81. The Morgan fingerprint density at radius 2 is 1.83 bits per heavy atom. The van der Waals surface area contributed by atoms with Crippen LogP contribution >= 0.6 is 0 Å². The highest BCUT2D eigenvalue weighted by molar-refractivity contribution is 7.89. The molecule has 1 aliphatic carbocycles. The monoisotopic (exact) mass is 350 g/mol. The molecule has 2 rings (SSSR count). The zero-order valence-corrected chi connectivity index (χ0v) is 15.2. The van der Waals surface area contributed by atoms with Gasteiger partial charge in [0.25, 0.3) is 5.91 Å². The molecule has 0 aromatic heterocycles. The summed E-state index contributed by atoms with van der Waals surface area (Å²) in [6, 6.07) is 6.36. The van der Waals surface area contributed by atoms with Crippen molar-refractivity contribution in [3.05, 3.63) is 42.5 Å². The summed E-state index contributed by atoms with van der Waals surface area (Å²) in [5.74, 6) is 0.676. The summed E-state index contributed by atoms with van der Waals surface area (Å²) in [6.07, 6.45) is 5.83. The minimum atomic E-state index is -3.56. The van der Waals surface area contributed by atoms with Crippen molar-refractivity contribution in [2.45, 2.75) is 43.5 Å². The molecule has 0 aliphatic heterocycles. The number of hydrogen-bond donors (Lipinski definition) is 1. The fourth-order valence-electron chi connectivity index (χ4n) is 3.03.